The van der Waals surface area contributed by atoms with Crippen molar-refractivity contribution in [3.05, 3.63) is 77.1 Å². The smallest absolute Gasteiger partial charge is 0.243 e. The Morgan fingerprint density at radius 2 is 2.00 bits per heavy atom. The number of nitrogens with zero attached hydrogens (tertiary/aromatic N) is 4. The van der Waals surface area contributed by atoms with E-state index in [0.29, 0.717) is 29.4 Å². The molecule has 2 saturated carbocycles. The van der Waals surface area contributed by atoms with Gasteiger partial charge in [-0.25, -0.2) is 4.98 Å². The van der Waals surface area contributed by atoms with E-state index in [1.54, 1.807) is 17.0 Å². The Morgan fingerprint density at radius 3 is 2.71 bits per heavy atom. The van der Waals surface area contributed by atoms with Crippen molar-refractivity contribution in [1.29, 1.82) is 0 Å². The second kappa shape index (κ2) is 8.30. The third-order valence-electron chi connectivity index (χ3n) is 7.18. The number of fused-ring (bicyclic) bond motifs is 1. The molecule has 6 rings (SSSR count). The number of amides is 2. The lowest BCUT2D eigenvalue weighted by Gasteiger charge is -2.29. The molecule has 3 aliphatic rings. The van der Waals surface area contributed by atoms with Gasteiger partial charge in [-0.15, -0.1) is 5.10 Å². The van der Waals surface area contributed by atoms with Crippen LogP contribution in [0.5, 0.6) is 0 Å². The lowest BCUT2D eigenvalue weighted by atomic mass is 10.0. The molecule has 0 radical (unpaired) electrons. The highest BCUT2D eigenvalue weighted by molar-refractivity contribution is 5.90. The quantitative estimate of drug-likeness (QED) is 0.528. The number of carbonyl (C=O) groups is 2. The van der Waals surface area contributed by atoms with Gasteiger partial charge in [-0.2, -0.15) is 4.39 Å². The van der Waals surface area contributed by atoms with Crippen LogP contribution in [0.4, 0.5) is 4.39 Å². The van der Waals surface area contributed by atoms with Crippen molar-refractivity contribution in [1.82, 2.24) is 30.6 Å². The summed E-state index contributed by atoms with van der Waals surface area (Å²) in [5.74, 6) is -0.0779. The number of likely N-dealkylation sites (tertiary alicyclic amines) is 1. The molecule has 1 saturated heterocycles. The van der Waals surface area contributed by atoms with Gasteiger partial charge in [0.05, 0.1) is 30.0 Å². The van der Waals surface area contributed by atoms with Crippen LogP contribution in [0.1, 0.15) is 53.7 Å². The number of pyridine rings is 1. The molecule has 9 heteroatoms. The van der Waals surface area contributed by atoms with Crippen molar-refractivity contribution in [2.24, 2.45) is 11.8 Å². The minimum Gasteiger partial charge on any atom is -0.342 e. The molecule has 2 amide bonds. The monoisotopic (exact) mass is 460 g/mol. The third kappa shape index (κ3) is 3.95. The SMILES string of the molecule is O=C(N[C@@H](c1ccccc1)c1ccc(C2CC2)c(F)n1)[C@@H]1[C@H]2C[C@H]2CN1C(=O)Cc1cnn[nH]1. The zero-order valence-corrected chi connectivity index (χ0v) is 18.5. The van der Waals surface area contributed by atoms with Gasteiger partial charge in [0.25, 0.3) is 0 Å². The molecule has 0 bridgehead atoms. The van der Waals surface area contributed by atoms with E-state index in [1.165, 1.54) is 6.20 Å². The zero-order valence-electron chi connectivity index (χ0n) is 18.5. The molecule has 3 heterocycles. The van der Waals surface area contributed by atoms with Crippen molar-refractivity contribution in [3.8, 4) is 0 Å². The standard InChI is InChI=1S/C25H25FN6O2/c26-24-18(14-6-7-14)8-9-20(28-24)22(15-4-2-1-3-5-15)29-25(34)23-19-10-16(19)13-32(23)21(33)11-17-12-27-31-30-17/h1-5,8-9,12,14,16,19,22-23H,6-7,10-11,13H2,(H,29,34)(H,27,30,31)/t16-,19-,22-,23-/m0/s1. The van der Waals surface area contributed by atoms with E-state index >= 15 is 0 Å². The van der Waals surface area contributed by atoms with Crippen LogP contribution in [0, 0.1) is 17.8 Å². The van der Waals surface area contributed by atoms with Gasteiger partial charge in [-0.3, -0.25) is 14.7 Å². The molecule has 3 aromatic rings. The molecule has 3 fully saturated rings. The summed E-state index contributed by atoms with van der Waals surface area (Å²) in [5, 5.41) is 13.2. The number of benzene rings is 1. The van der Waals surface area contributed by atoms with Gasteiger partial charge in [-0.05, 0) is 48.6 Å². The van der Waals surface area contributed by atoms with Crippen LogP contribution in [0.15, 0.2) is 48.7 Å². The van der Waals surface area contributed by atoms with Gasteiger partial charge >= 0.3 is 0 Å². The summed E-state index contributed by atoms with van der Waals surface area (Å²) in [6, 6.07) is 11.9. The number of nitrogens with one attached hydrogen (secondary N) is 2. The van der Waals surface area contributed by atoms with Gasteiger partial charge < -0.3 is 10.2 Å². The van der Waals surface area contributed by atoms with Crippen LogP contribution in [0.2, 0.25) is 0 Å². The van der Waals surface area contributed by atoms with Gasteiger partial charge in [-0.1, -0.05) is 41.6 Å². The summed E-state index contributed by atoms with van der Waals surface area (Å²) < 4.78 is 14.8. The first-order chi connectivity index (χ1) is 16.6. The number of piperidine rings is 1. The molecule has 0 spiro atoms. The number of hydrogen-bond donors (Lipinski definition) is 2. The van der Waals surface area contributed by atoms with E-state index in [1.807, 2.05) is 30.3 Å². The predicted molar refractivity (Wildman–Crippen MR) is 120 cm³/mol. The van der Waals surface area contributed by atoms with Crippen molar-refractivity contribution >= 4 is 11.8 Å². The Kier molecular flexibility index (Phi) is 5.12. The summed E-state index contributed by atoms with van der Waals surface area (Å²) in [4.78, 5) is 32.5. The first-order valence-corrected chi connectivity index (χ1v) is 11.7. The minimum atomic E-state index is -0.608. The summed E-state index contributed by atoms with van der Waals surface area (Å²) in [7, 11) is 0. The van der Waals surface area contributed by atoms with E-state index < -0.39 is 18.0 Å². The van der Waals surface area contributed by atoms with E-state index in [0.717, 1.165) is 24.8 Å². The molecular weight excluding hydrogens is 435 g/mol. The molecule has 0 unspecified atom stereocenters. The average Bonchev–Trinajstić information content (AvgIpc) is 3.75. The molecule has 2 aliphatic carbocycles. The van der Waals surface area contributed by atoms with Crippen LogP contribution < -0.4 is 5.32 Å². The minimum absolute atomic E-state index is 0.119. The number of rotatable bonds is 7. The Bertz CT molecular complexity index is 1210. The van der Waals surface area contributed by atoms with Crippen molar-refractivity contribution in [2.75, 3.05) is 6.54 Å². The lowest BCUT2D eigenvalue weighted by molar-refractivity contribution is -0.139. The second-order valence-corrected chi connectivity index (χ2v) is 9.55. The van der Waals surface area contributed by atoms with E-state index in [-0.39, 0.29) is 30.1 Å². The molecular formula is C25H25FN6O2. The summed E-state index contributed by atoms with van der Waals surface area (Å²) >= 11 is 0. The fourth-order valence-electron chi connectivity index (χ4n) is 5.15. The number of aromatic nitrogens is 4. The molecule has 1 aliphatic heterocycles. The fraction of sp³-hybridized carbons (Fsp3) is 0.400. The van der Waals surface area contributed by atoms with E-state index in [2.05, 4.69) is 25.7 Å². The largest absolute Gasteiger partial charge is 0.342 e. The van der Waals surface area contributed by atoms with Crippen LogP contribution in [-0.4, -0.2) is 49.7 Å². The first kappa shape index (κ1) is 20.9. The fourth-order valence-corrected chi connectivity index (χ4v) is 5.15. The zero-order chi connectivity index (χ0) is 23.2. The van der Waals surface area contributed by atoms with Gasteiger partial charge in [0, 0.05) is 12.1 Å². The molecule has 2 N–H and O–H groups in total. The number of halogens is 1. The van der Waals surface area contributed by atoms with Crippen LogP contribution in [-0.2, 0) is 16.0 Å². The maximum atomic E-state index is 14.8. The molecule has 34 heavy (non-hydrogen) atoms. The number of hydrogen-bond acceptors (Lipinski definition) is 5. The highest BCUT2D eigenvalue weighted by atomic mass is 19.1. The molecule has 174 valence electrons. The molecule has 2 aromatic heterocycles. The topological polar surface area (TPSA) is 104 Å². The normalized spacial score (nSPS) is 23.9. The third-order valence-corrected chi connectivity index (χ3v) is 7.18. The van der Waals surface area contributed by atoms with Crippen LogP contribution in [0.25, 0.3) is 0 Å². The van der Waals surface area contributed by atoms with Crippen molar-refractivity contribution in [3.63, 3.8) is 0 Å². The summed E-state index contributed by atoms with van der Waals surface area (Å²) in [5.41, 5.74) is 2.52. The summed E-state index contributed by atoms with van der Waals surface area (Å²) in [6.45, 7) is 0.572. The van der Waals surface area contributed by atoms with Gasteiger partial charge in [0.2, 0.25) is 17.8 Å². The Morgan fingerprint density at radius 1 is 1.18 bits per heavy atom. The Labute approximate surface area is 196 Å². The predicted octanol–water partition coefficient (Wildman–Crippen LogP) is 2.51. The maximum Gasteiger partial charge on any atom is 0.243 e. The molecule has 1 aromatic carbocycles. The van der Waals surface area contributed by atoms with Gasteiger partial charge in [0.15, 0.2) is 0 Å². The Balaban J connectivity index is 1.25. The highest BCUT2D eigenvalue weighted by Crippen LogP contribution is 2.50. The van der Waals surface area contributed by atoms with E-state index in [4.69, 9.17) is 0 Å². The number of aromatic amines is 1. The highest BCUT2D eigenvalue weighted by Gasteiger charge is 2.57. The van der Waals surface area contributed by atoms with E-state index in [9.17, 15) is 14.0 Å². The average molecular weight is 461 g/mol. The lowest BCUT2D eigenvalue weighted by Crippen LogP contribution is -2.49. The number of H-pyrrole nitrogens is 1. The maximum absolute atomic E-state index is 14.8. The summed E-state index contributed by atoms with van der Waals surface area (Å²) in [6.07, 6.45) is 4.54. The van der Waals surface area contributed by atoms with Gasteiger partial charge in [0.1, 0.15) is 6.04 Å². The first-order valence-electron chi connectivity index (χ1n) is 11.7. The molecule has 4 atom stereocenters. The van der Waals surface area contributed by atoms with Crippen LogP contribution >= 0.6 is 0 Å². The van der Waals surface area contributed by atoms with Crippen LogP contribution in [0.3, 0.4) is 0 Å². The molecule has 8 nitrogen and oxygen atoms in total. The number of carbonyl (C=O) groups excluding carboxylic acids is 2. The van der Waals surface area contributed by atoms with Crippen molar-refractivity contribution in [2.45, 2.75) is 43.7 Å². The van der Waals surface area contributed by atoms with Crippen molar-refractivity contribution < 1.29 is 14.0 Å². The Hall–Kier alpha value is -3.62. The second-order valence-electron chi connectivity index (χ2n) is 9.55.